The fourth-order valence-electron chi connectivity index (χ4n) is 5.42. The van der Waals surface area contributed by atoms with E-state index in [2.05, 4.69) is 5.32 Å². The van der Waals surface area contributed by atoms with Crippen LogP contribution in [0.25, 0.3) is 0 Å². The molecule has 2 aliphatic carbocycles. The predicted molar refractivity (Wildman–Crippen MR) is 114 cm³/mol. The standard InChI is InChI=1S/C22H31N3O3.ClH/c1-28-18-5-3-2-4-14(18)13-19(26)25-10-8-17(9-11-25)24-22(27)20-15-6-7-16(12-15)21(20)23;/h2-5,15-17,20-21H,6-13,23H2,1H3,(H,24,27);1H. The molecular weight excluding hydrogens is 390 g/mol. The second-order valence-electron chi connectivity index (χ2n) is 8.59. The molecule has 1 saturated heterocycles. The summed E-state index contributed by atoms with van der Waals surface area (Å²) in [4.78, 5) is 27.3. The number of carbonyl (C=O) groups is 2. The number of para-hydroxylation sites is 1. The van der Waals surface area contributed by atoms with Crippen LogP contribution in [0.2, 0.25) is 0 Å². The molecule has 2 amide bonds. The Labute approximate surface area is 178 Å². The SMILES string of the molecule is COc1ccccc1CC(=O)N1CCC(NC(=O)C2C3CCC(C3)C2N)CC1.Cl. The van der Waals surface area contributed by atoms with Crippen LogP contribution in [-0.4, -0.2) is 49.0 Å². The molecule has 1 aliphatic heterocycles. The van der Waals surface area contributed by atoms with Crippen LogP contribution in [0, 0.1) is 17.8 Å². The molecule has 4 unspecified atom stereocenters. The molecule has 29 heavy (non-hydrogen) atoms. The molecule has 3 N–H and O–H groups in total. The number of hydrogen-bond donors (Lipinski definition) is 2. The Kier molecular flexibility index (Phi) is 7.06. The van der Waals surface area contributed by atoms with Crippen molar-refractivity contribution in [3.63, 3.8) is 0 Å². The van der Waals surface area contributed by atoms with Gasteiger partial charge in [-0.15, -0.1) is 12.4 Å². The zero-order chi connectivity index (χ0) is 19.7. The lowest BCUT2D eigenvalue weighted by atomic mass is 9.84. The summed E-state index contributed by atoms with van der Waals surface area (Å²) >= 11 is 0. The minimum absolute atomic E-state index is 0. The van der Waals surface area contributed by atoms with Crippen LogP contribution in [0.1, 0.15) is 37.7 Å². The summed E-state index contributed by atoms with van der Waals surface area (Å²) in [5, 5.41) is 3.23. The van der Waals surface area contributed by atoms with Gasteiger partial charge in [0.25, 0.3) is 0 Å². The van der Waals surface area contributed by atoms with Crippen LogP contribution in [0.15, 0.2) is 24.3 Å². The van der Waals surface area contributed by atoms with E-state index in [0.29, 0.717) is 31.3 Å². The highest BCUT2D eigenvalue weighted by molar-refractivity contribution is 5.85. The Bertz CT molecular complexity index is 734. The minimum Gasteiger partial charge on any atom is -0.496 e. The van der Waals surface area contributed by atoms with E-state index in [4.69, 9.17) is 10.5 Å². The van der Waals surface area contributed by atoms with Gasteiger partial charge in [0.15, 0.2) is 0 Å². The molecule has 2 bridgehead atoms. The van der Waals surface area contributed by atoms with E-state index in [9.17, 15) is 9.59 Å². The number of methoxy groups -OCH3 is 1. The molecule has 1 aromatic rings. The first-order valence-electron chi connectivity index (χ1n) is 10.5. The second kappa shape index (κ2) is 9.35. The van der Waals surface area contributed by atoms with Gasteiger partial charge in [0.1, 0.15) is 5.75 Å². The van der Waals surface area contributed by atoms with Crippen molar-refractivity contribution < 1.29 is 14.3 Å². The zero-order valence-electron chi connectivity index (χ0n) is 17.0. The Balaban J connectivity index is 0.00000240. The van der Waals surface area contributed by atoms with Crippen molar-refractivity contribution in [2.45, 2.75) is 50.6 Å². The van der Waals surface area contributed by atoms with E-state index in [1.165, 1.54) is 6.42 Å². The predicted octanol–water partition coefficient (Wildman–Crippen LogP) is 2.14. The molecule has 6 nitrogen and oxygen atoms in total. The smallest absolute Gasteiger partial charge is 0.227 e. The molecule has 3 fully saturated rings. The summed E-state index contributed by atoms with van der Waals surface area (Å²) < 4.78 is 5.34. The van der Waals surface area contributed by atoms with Crippen LogP contribution in [-0.2, 0) is 16.0 Å². The first-order chi connectivity index (χ1) is 13.6. The number of nitrogens with one attached hydrogen (secondary N) is 1. The normalized spacial score (nSPS) is 28.7. The molecule has 0 aromatic heterocycles. The van der Waals surface area contributed by atoms with Gasteiger partial charge >= 0.3 is 0 Å². The summed E-state index contributed by atoms with van der Waals surface area (Å²) in [5.41, 5.74) is 7.22. The number of nitrogens with two attached hydrogens (primary N) is 1. The van der Waals surface area contributed by atoms with E-state index in [1.54, 1.807) is 7.11 Å². The van der Waals surface area contributed by atoms with Crippen molar-refractivity contribution in [1.29, 1.82) is 0 Å². The van der Waals surface area contributed by atoms with Crippen molar-refractivity contribution in [1.82, 2.24) is 10.2 Å². The first kappa shape index (κ1) is 21.9. The van der Waals surface area contributed by atoms with Gasteiger partial charge in [-0.2, -0.15) is 0 Å². The van der Waals surface area contributed by atoms with Gasteiger partial charge < -0.3 is 20.7 Å². The first-order valence-corrected chi connectivity index (χ1v) is 10.5. The highest BCUT2D eigenvalue weighted by atomic mass is 35.5. The number of piperidine rings is 1. The number of ether oxygens (including phenoxy) is 1. The summed E-state index contributed by atoms with van der Waals surface area (Å²) in [5.74, 6) is 2.00. The highest BCUT2D eigenvalue weighted by Gasteiger charge is 2.49. The monoisotopic (exact) mass is 421 g/mol. The van der Waals surface area contributed by atoms with Gasteiger partial charge in [-0.1, -0.05) is 18.2 Å². The number of likely N-dealkylation sites (tertiary alicyclic amines) is 1. The maximum Gasteiger partial charge on any atom is 0.227 e. The fraction of sp³-hybridized carbons (Fsp3) is 0.636. The molecule has 4 rings (SSSR count). The van der Waals surface area contributed by atoms with E-state index in [-0.39, 0.29) is 42.2 Å². The number of carbonyl (C=O) groups excluding carboxylic acids is 2. The van der Waals surface area contributed by atoms with Crippen molar-refractivity contribution in [3.05, 3.63) is 29.8 Å². The topological polar surface area (TPSA) is 84.7 Å². The minimum atomic E-state index is -0.0102. The van der Waals surface area contributed by atoms with Crippen LogP contribution in [0.3, 0.4) is 0 Å². The van der Waals surface area contributed by atoms with E-state index in [0.717, 1.165) is 37.0 Å². The number of amides is 2. The lowest BCUT2D eigenvalue weighted by Gasteiger charge is -2.34. The number of hydrogen-bond acceptors (Lipinski definition) is 4. The lowest BCUT2D eigenvalue weighted by molar-refractivity contribution is -0.132. The third-order valence-corrected chi connectivity index (χ3v) is 7.01. The van der Waals surface area contributed by atoms with E-state index in [1.807, 2.05) is 29.2 Å². The van der Waals surface area contributed by atoms with Gasteiger partial charge in [-0.05, 0) is 50.0 Å². The quantitative estimate of drug-likeness (QED) is 0.762. The largest absolute Gasteiger partial charge is 0.496 e. The maximum absolute atomic E-state index is 12.8. The zero-order valence-corrected chi connectivity index (χ0v) is 17.8. The molecule has 160 valence electrons. The van der Waals surface area contributed by atoms with Gasteiger partial charge in [0.2, 0.25) is 11.8 Å². The van der Waals surface area contributed by atoms with Crippen LogP contribution in [0.4, 0.5) is 0 Å². The van der Waals surface area contributed by atoms with Gasteiger partial charge in [-0.25, -0.2) is 0 Å². The Morgan fingerprint density at radius 2 is 1.83 bits per heavy atom. The number of halogens is 1. The van der Waals surface area contributed by atoms with Crippen LogP contribution in [0.5, 0.6) is 5.75 Å². The van der Waals surface area contributed by atoms with Gasteiger partial charge in [0.05, 0.1) is 19.4 Å². The molecule has 0 spiro atoms. The van der Waals surface area contributed by atoms with Gasteiger partial charge in [0, 0.05) is 30.7 Å². The van der Waals surface area contributed by atoms with Crippen molar-refractivity contribution in [2.75, 3.05) is 20.2 Å². The Morgan fingerprint density at radius 1 is 1.14 bits per heavy atom. The highest BCUT2D eigenvalue weighted by Crippen LogP contribution is 2.47. The lowest BCUT2D eigenvalue weighted by Crippen LogP contribution is -2.51. The Hall–Kier alpha value is -1.79. The van der Waals surface area contributed by atoms with E-state index >= 15 is 0 Å². The number of fused-ring (bicyclic) bond motifs is 2. The maximum atomic E-state index is 12.8. The summed E-state index contributed by atoms with van der Waals surface area (Å²) in [7, 11) is 1.62. The average molecular weight is 422 g/mol. The molecule has 7 heteroatoms. The molecule has 4 atom stereocenters. The van der Waals surface area contributed by atoms with Crippen LogP contribution >= 0.6 is 12.4 Å². The van der Waals surface area contributed by atoms with Crippen LogP contribution < -0.4 is 15.8 Å². The molecular formula is C22H32ClN3O3. The number of nitrogens with zero attached hydrogens (tertiary/aromatic N) is 1. The van der Waals surface area contributed by atoms with Crippen molar-refractivity contribution in [2.24, 2.45) is 23.5 Å². The summed E-state index contributed by atoms with van der Waals surface area (Å²) in [6.45, 7) is 1.36. The Morgan fingerprint density at radius 3 is 2.48 bits per heavy atom. The summed E-state index contributed by atoms with van der Waals surface area (Å²) in [6, 6.07) is 7.82. The third kappa shape index (κ3) is 4.53. The average Bonchev–Trinajstić information content (AvgIpc) is 3.30. The molecule has 3 aliphatic rings. The molecule has 2 saturated carbocycles. The molecule has 0 radical (unpaired) electrons. The third-order valence-electron chi connectivity index (χ3n) is 7.01. The fourth-order valence-corrected chi connectivity index (χ4v) is 5.42. The van der Waals surface area contributed by atoms with E-state index < -0.39 is 0 Å². The second-order valence-corrected chi connectivity index (χ2v) is 8.59. The van der Waals surface area contributed by atoms with Gasteiger partial charge in [-0.3, -0.25) is 9.59 Å². The molecule has 1 aromatic carbocycles. The van der Waals surface area contributed by atoms with Crippen molar-refractivity contribution >= 4 is 24.2 Å². The summed E-state index contributed by atoms with van der Waals surface area (Å²) in [6.07, 6.45) is 5.41. The molecule has 1 heterocycles. The number of rotatable bonds is 5. The number of benzene rings is 1. The van der Waals surface area contributed by atoms with Crippen molar-refractivity contribution in [3.8, 4) is 5.75 Å².